The van der Waals surface area contributed by atoms with Crippen LogP contribution in [0.3, 0.4) is 0 Å². The van der Waals surface area contributed by atoms with E-state index in [9.17, 15) is 5.21 Å². The van der Waals surface area contributed by atoms with Crippen LogP contribution in [0.5, 0.6) is 0 Å². The topological polar surface area (TPSA) is 45.0 Å². The van der Waals surface area contributed by atoms with E-state index in [0.717, 1.165) is 29.0 Å². The van der Waals surface area contributed by atoms with Crippen LogP contribution in [0.2, 0.25) is 5.02 Å². The number of hydrogen-bond acceptors (Lipinski definition) is 3. The standard InChI is InChI=1S/C14H13ClN2O/c15-11-5-6-12-10(8-11)4-3-9-2-1-7-16-13(9)14(12)17-18/h1-2,5-9,13,18H,3-4H2/b17-14+. The normalized spacial score (nSPS) is 27.7. The first kappa shape index (κ1) is 11.5. The minimum atomic E-state index is -0.0811. The fourth-order valence-electron chi connectivity index (χ4n) is 2.69. The van der Waals surface area contributed by atoms with E-state index in [4.69, 9.17) is 11.6 Å². The molecule has 0 saturated carbocycles. The Balaban J connectivity index is 2.12. The Morgan fingerprint density at radius 3 is 3.11 bits per heavy atom. The molecule has 0 radical (unpaired) electrons. The number of allylic oxidation sites excluding steroid dienone is 1. The van der Waals surface area contributed by atoms with Gasteiger partial charge in [0.25, 0.3) is 0 Å². The average Bonchev–Trinajstić information content (AvgIpc) is 2.55. The Morgan fingerprint density at radius 1 is 1.39 bits per heavy atom. The summed E-state index contributed by atoms with van der Waals surface area (Å²) in [6.45, 7) is 0. The summed E-state index contributed by atoms with van der Waals surface area (Å²) < 4.78 is 0. The lowest BCUT2D eigenvalue weighted by Gasteiger charge is -2.21. The second-order valence-corrected chi connectivity index (χ2v) is 5.05. The highest BCUT2D eigenvalue weighted by molar-refractivity contribution is 6.30. The number of nitrogens with zero attached hydrogens (tertiary/aromatic N) is 2. The average molecular weight is 261 g/mol. The summed E-state index contributed by atoms with van der Waals surface area (Å²) in [5, 5.41) is 13.5. The Morgan fingerprint density at radius 2 is 2.28 bits per heavy atom. The molecule has 0 saturated heterocycles. The minimum Gasteiger partial charge on any atom is -0.411 e. The summed E-state index contributed by atoms with van der Waals surface area (Å²) in [6.07, 6.45) is 7.78. The van der Waals surface area contributed by atoms with E-state index in [1.54, 1.807) is 6.21 Å². The van der Waals surface area contributed by atoms with Crippen molar-refractivity contribution in [3.63, 3.8) is 0 Å². The van der Waals surface area contributed by atoms with Crippen molar-refractivity contribution in [2.24, 2.45) is 16.1 Å². The monoisotopic (exact) mass is 260 g/mol. The molecule has 2 atom stereocenters. The van der Waals surface area contributed by atoms with Crippen molar-refractivity contribution in [2.75, 3.05) is 0 Å². The van der Waals surface area contributed by atoms with Crippen LogP contribution in [-0.4, -0.2) is 23.2 Å². The molecule has 1 aliphatic heterocycles. The first-order valence-electron chi connectivity index (χ1n) is 6.00. The van der Waals surface area contributed by atoms with Gasteiger partial charge in [-0.1, -0.05) is 28.9 Å². The lowest BCUT2D eigenvalue weighted by Crippen LogP contribution is -2.28. The van der Waals surface area contributed by atoms with E-state index in [1.165, 1.54) is 0 Å². The van der Waals surface area contributed by atoms with Crippen LogP contribution in [0.4, 0.5) is 0 Å². The second kappa shape index (κ2) is 4.58. The molecule has 3 rings (SSSR count). The summed E-state index contributed by atoms with van der Waals surface area (Å²) in [5.74, 6) is 0.298. The highest BCUT2D eigenvalue weighted by atomic mass is 35.5. The second-order valence-electron chi connectivity index (χ2n) is 4.62. The molecule has 2 aliphatic rings. The smallest absolute Gasteiger partial charge is 0.112 e. The van der Waals surface area contributed by atoms with Gasteiger partial charge in [-0.25, -0.2) is 0 Å². The van der Waals surface area contributed by atoms with Crippen molar-refractivity contribution in [1.29, 1.82) is 0 Å². The van der Waals surface area contributed by atoms with Gasteiger partial charge in [-0.2, -0.15) is 0 Å². The van der Waals surface area contributed by atoms with Gasteiger partial charge in [0.15, 0.2) is 0 Å². The van der Waals surface area contributed by atoms with Crippen molar-refractivity contribution in [3.05, 3.63) is 46.5 Å². The molecule has 1 aromatic rings. The number of hydrogen-bond donors (Lipinski definition) is 1. The van der Waals surface area contributed by atoms with Gasteiger partial charge < -0.3 is 5.21 Å². The van der Waals surface area contributed by atoms with Crippen molar-refractivity contribution in [3.8, 4) is 0 Å². The van der Waals surface area contributed by atoms with Gasteiger partial charge in [0, 0.05) is 22.7 Å². The molecule has 1 aliphatic carbocycles. The number of fused-ring (bicyclic) bond motifs is 2. The molecule has 1 heterocycles. The van der Waals surface area contributed by atoms with Gasteiger partial charge in [0.1, 0.15) is 11.8 Å². The van der Waals surface area contributed by atoms with Crippen molar-refractivity contribution in [2.45, 2.75) is 18.9 Å². The zero-order chi connectivity index (χ0) is 12.5. The maximum absolute atomic E-state index is 9.33. The lowest BCUT2D eigenvalue weighted by atomic mass is 9.91. The molecule has 0 spiro atoms. The van der Waals surface area contributed by atoms with Gasteiger partial charge in [-0.05, 0) is 36.6 Å². The van der Waals surface area contributed by atoms with E-state index in [1.807, 2.05) is 24.3 Å². The highest BCUT2D eigenvalue weighted by Crippen LogP contribution is 2.30. The molecule has 0 aromatic heterocycles. The molecule has 2 unspecified atom stereocenters. The van der Waals surface area contributed by atoms with Crippen LogP contribution in [0, 0.1) is 5.92 Å². The summed E-state index contributed by atoms with van der Waals surface area (Å²) in [6, 6.07) is 5.62. The van der Waals surface area contributed by atoms with E-state index in [0.29, 0.717) is 11.6 Å². The van der Waals surface area contributed by atoms with Gasteiger partial charge in [-0.15, -0.1) is 0 Å². The molecule has 1 N–H and O–H groups in total. The van der Waals surface area contributed by atoms with Crippen LogP contribution in [0.15, 0.2) is 40.5 Å². The Kier molecular flexibility index (Phi) is 2.92. The Hall–Kier alpha value is -1.61. The molecule has 4 heteroatoms. The van der Waals surface area contributed by atoms with Gasteiger partial charge in [0.05, 0.1) is 0 Å². The fraction of sp³-hybridized carbons (Fsp3) is 0.286. The van der Waals surface area contributed by atoms with Gasteiger partial charge in [0.2, 0.25) is 0 Å². The summed E-state index contributed by atoms with van der Waals surface area (Å²) in [5.41, 5.74) is 2.74. The third-order valence-electron chi connectivity index (χ3n) is 3.57. The van der Waals surface area contributed by atoms with Crippen molar-refractivity contribution >= 4 is 23.5 Å². The maximum atomic E-state index is 9.33. The van der Waals surface area contributed by atoms with Crippen LogP contribution in [0.25, 0.3) is 0 Å². The minimum absolute atomic E-state index is 0.0811. The molecule has 3 nitrogen and oxygen atoms in total. The van der Waals surface area contributed by atoms with Crippen LogP contribution in [-0.2, 0) is 6.42 Å². The lowest BCUT2D eigenvalue weighted by molar-refractivity contribution is 0.315. The van der Waals surface area contributed by atoms with Crippen LogP contribution >= 0.6 is 11.6 Å². The summed E-state index contributed by atoms with van der Waals surface area (Å²) >= 11 is 6.03. The molecule has 92 valence electrons. The first-order chi connectivity index (χ1) is 8.79. The fourth-order valence-corrected chi connectivity index (χ4v) is 2.89. The quantitative estimate of drug-likeness (QED) is 0.565. The van der Waals surface area contributed by atoms with E-state index >= 15 is 0 Å². The molecule has 1 aromatic carbocycles. The predicted octanol–water partition coefficient (Wildman–Crippen LogP) is 3.09. The van der Waals surface area contributed by atoms with E-state index in [-0.39, 0.29) is 6.04 Å². The molecular weight excluding hydrogens is 248 g/mol. The first-order valence-corrected chi connectivity index (χ1v) is 6.38. The summed E-state index contributed by atoms with van der Waals surface area (Å²) in [4.78, 5) is 4.45. The SMILES string of the molecule is O/N=C1\c2ccc(Cl)cc2CCC2C=CC=NC12. The molecular formula is C14H13ClN2O. The third kappa shape index (κ3) is 1.85. The zero-order valence-corrected chi connectivity index (χ0v) is 10.5. The highest BCUT2D eigenvalue weighted by Gasteiger charge is 2.31. The molecule has 0 bridgehead atoms. The predicted molar refractivity (Wildman–Crippen MR) is 73.0 cm³/mol. The number of oxime groups is 1. The maximum Gasteiger partial charge on any atom is 0.112 e. The zero-order valence-electron chi connectivity index (χ0n) is 9.75. The van der Waals surface area contributed by atoms with Gasteiger partial charge >= 0.3 is 0 Å². The number of aryl methyl sites for hydroxylation is 1. The van der Waals surface area contributed by atoms with Crippen LogP contribution in [0.1, 0.15) is 17.5 Å². The number of rotatable bonds is 0. The Bertz CT molecular complexity index is 563. The number of aliphatic imine (C=N–C) groups is 1. The number of halogens is 1. The summed E-state index contributed by atoms with van der Waals surface area (Å²) in [7, 11) is 0. The largest absolute Gasteiger partial charge is 0.411 e. The van der Waals surface area contributed by atoms with Gasteiger partial charge in [-0.3, -0.25) is 4.99 Å². The molecule has 0 fully saturated rings. The molecule has 18 heavy (non-hydrogen) atoms. The van der Waals surface area contributed by atoms with Crippen molar-refractivity contribution in [1.82, 2.24) is 0 Å². The third-order valence-corrected chi connectivity index (χ3v) is 3.81. The van der Waals surface area contributed by atoms with Crippen LogP contribution < -0.4 is 0 Å². The Labute approximate surface area is 110 Å². The number of benzene rings is 1. The number of dihydropyridines is 1. The van der Waals surface area contributed by atoms with E-state index < -0.39 is 0 Å². The van der Waals surface area contributed by atoms with Crippen molar-refractivity contribution < 1.29 is 5.21 Å². The van der Waals surface area contributed by atoms with E-state index in [2.05, 4.69) is 16.2 Å². The molecule has 0 amide bonds.